The van der Waals surface area contributed by atoms with Crippen LogP contribution in [0, 0.1) is 31.6 Å². The number of nitrogens with zero attached hydrogens (tertiary/aromatic N) is 3. The molecule has 4 aliphatic heterocycles. The first kappa shape index (κ1) is 39.3. The molecule has 0 spiro atoms. The van der Waals surface area contributed by atoms with Gasteiger partial charge in [-0.25, -0.2) is 13.7 Å². The first-order valence-electron chi connectivity index (χ1n) is 12.0. The summed E-state index contributed by atoms with van der Waals surface area (Å²) in [5, 5.41) is 34.7. The van der Waals surface area contributed by atoms with Crippen molar-refractivity contribution in [2.75, 3.05) is 37.9 Å². The zero-order valence-corrected chi connectivity index (χ0v) is 26.5. The van der Waals surface area contributed by atoms with E-state index in [9.17, 15) is 43.2 Å². The third-order valence-electron chi connectivity index (χ3n) is 5.96. The molecule has 254 valence electrons. The summed E-state index contributed by atoms with van der Waals surface area (Å²) in [5.74, 6) is 0.524. The van der Waals surface area contributed by atoms with Crippen molar-refractivity contribution < 1.29 is 98.2 Å². The zero-order chi connectivity index (χ0) is 33.0. The van der Waals surface area contributed by atoms with E-state index < -0.39 is 86.7 Å². The third-order valence-corrected chi connectivity index (χ3v) is 10.3. The van der Waals surface area contributed by atoms with Gasteiger partial charge in [0.2, 0.25) is 3.22 Å². The van der Waals surface area contributed by atoms with Gasteiger partial charge in [0.25, 0.3) is 10.2 Å². The molecule has 4 fully saturated rings. The molecule has 4 aliphatic rings. The van der Waals surface area contributed by atoms with Gasteiger partial charge in [0.05, 0.1) is 37.7 Å². The van der Waals surface area contributed by atoms with Gasteiger partial charge in [0.15, 0.2) is 22.0 Å². The molecule has 1 unspecified atom stereocenters. The predicted octanol–water partition coefficient (Wildman–Crippen LogP) is -7.01. The lowest BCUT2D eigenvalue weighted by molar-refractivity contribution is -1.93. The van der Waals surface area contributed by atoms with Gasteiger partial charge < -0.3 is 28.6 Å². The summed E-state index contributed by atoms with van der Waals surface area (Å²) in [7, 11) is -4.30. The second kappa shape index (κ2) is 18.3. The summed E-state index contributed by atoms with van der Waals surface area (Å²) >= 11 is -5.74. The van der Waals surface area contributed by atoms with E-state index >= 15 is 0 Å². The number of hydrogen-bond donors (Lipinski definition) is 1. The molecule has 4 heterocycles. The molecule has 0 amide bonds. The molecule has 25 heteroatoms. The van der Waals surface area contributed by atoms with Crippen LogP contribution in [0.5, 0.6) is 0 Å². The molecule has 0 aromatic heterocycles. The molecule has 1 N–H and O–H groups in total. The van der Waals surface area contributed by atoms with E-state index in [-0.39, 0.29) is 39.8 Å². The maximum absolute atomic E-state index is 11.7. The van der Waals surface area contributed by atoms with Crippen LogP contribution in [0.2, 0.25) is 0 Å². The van der Waals surface area contributed by atoms with Gasteiger partial charge in [-0.3, -0.25) is 14.5 Å². The van der Waals surface area contributed by atoms with Crippen LogP contribution in [0.4, 0.5) is 0 Å². The van der Waals surface area contributed by atoms with Crippen LogP contribution in [0.25, 0.3) is 0 Å². The topological polar surface area (TPSA) is 325 Å². The highest BCUT2D eigenvalue weighted by Gasteiger charge is 2.53. The van der Waals surface area contributed by atoms with Crippen LogP contribution >= 0.6 is 0 Å². The summed E-state index contributed by atoms with van der Waals surface area (Å²) in [6, 6.07) is 1.75. The summed E-state index contributed by atoms with van der Waals surface area (Å²) < 4.78 is 87.0. The fourth-order valence-corrected chi connectivity index (χ4v) is 7.00. The average Bonchev–Trinajstić information content (AvgIpc) is 3.68. The quantitative estimate of drug-likeness (QED) is 0.0930. The van der Waals surface area contributed by atoms with Crippen molar-refractivity contribution in [3.05, 3.63) is 20.2 Å². The molecule has 22 nitrogen and oxygen atoms in total. The third kappa shape index (κ3) is 12.3. The van der Waals surface area contributed by atoms with E-state index in [0.29, 0.717) is 12.4 Å². The first-order chi connectivity index (χ1) is 20.1. The summed E-state index contributed by atoms with van der Waals surface area (Å²) in [5.41, 5.74) is 0. The number of halogens is 1. The van der Waals surface area contributed by atoms with Gasteiger partial charge >= 0.3 is 20.1 Å². The number of sulfone groups is 1. The number of hydrogen-bond acceptors (Lipinski definition) is 20. The Morgan fingerprint density at radius 2 is 1.40 bits per heavy atom. The Morgan fingerprint density at radius 3 is 1.79 bits per heavy atom. The summed E-state index contributed by atoms with van der Waals surface area (Å²) in [6.45, 7) is 5.21. The van der Waals surface area contributed by atoms with Gasteiger partial charge in [-0.15, -0.1) is 20.2 Å². The van der Waals surface area contributed by atoms with Crippen molar-refractivity contribution in [2.45, 2.75) is 67.9 Å². The minimum Gasteiger partial charge on any atom is -0.372 e. The van der Waals surface area contributed by atoms with Crippen molar-refractivity contribution >= 4 is 20.6 Å². The predicted molar refractivity (Wildman–Crippen MR) is 129 cm³/mol. The minimum atomic E-state index is -5.74. The molecular formula is C18H34IN3O19S2. The SMILES string of the molecule is CC#N.CCS(=O)(=O)[C@H]1CO[C@H]2[C@@H]1OC[C@H]2O[N+](=O)[O-].CCS(=O)[C@H]1CO[C@H]2[C@@H]1OC[C@H]2O[N+](=O)[O-].[HH].[HH].[O-][I+3]([O-])([O-])OOO. The molecule has 4 saturated heterocycles. The number of nitriles is 1. The Kier molecular flexibility index (Phi) is 16.8. The molecular weight excluding hydrogens is 753 g/mol. The maximum Gasteiger partial charge on any atom is 0.426 e. The molecule has 4 rings (SSSR count). The number of ether oxygens (including phenoxy) is 4. The average molecular weight is 788 g/mol. The standard InChI is InChI=1S/C8H13NO7S.C8H13NO6S.C2H3N.HIO6.2H2/c1-2-17(12,13)6-4-15-7-5(16-9(10)11)3-14-8(6)7;1-2-16(12)6-4-14-7-5(15-9(10)11)3-13-8(6)7;1-2-3;2-1(3,4)6-7-5;;/h5-8H,2-4H2,1H3;5-8H,2-4H2,1H3;1H3;5H;2*1H/t5-,6+,7-,8-;5-,6+,7-,8-,16?;;;;/m11..../s1. The Bertz CT molecular complexity index is 1080. The first-order valence-corrected chi connectivity index (χ1v) is 18.6. The van der Waals surface area contributed by atoms with Crippen LogP contribution < -0.4 is 30.4 Å². The fraction of sp³-hybridized carbons (Fsp3) is 0.944. The second-order valence-electron chi connectivity index (χ2n) is 8.36. The van der Waals surface area contributed by atoms with Crippen LogP contribution in [0.15, 0.2) is 0 Å². The van der Waals surface area contributed by atoms with E-state index in [1.165, 1.54) is 6.92 Å². The second-order valence-corrected chi connectivity index (χ2v) is 15.3. The highest BCUT2D eigenvalue weighted by molar-refractivity contribution is 7.92. The Morgan fingerprint density at radius 1 is 0.953 bits per heavy atom. The highest BCUT2D eigenvalue weighted by Crippen LogP contribution is 2.33. The monoisotopic (exact) mass is 787 g/mol. The molecule has 0 aromatic rings. The van der Waals surface area contributed by atoms with Crippen LogP contribution in [-0.4, -0.2) is 113 Å². The lowest BCUT2D eigenvalue weighted by Crippen LogP contribution is -4.24. The minimum absolute atomic E-state index is 0. The largest absolute Gasteiger partial charge is 0.426 e. The van der Waals surface area contributed by atoms with E-state index in [2.05, 4.69) is 17.9 Å². The van der Waals surface area contributed by atoms with Crippen molar-refractivity contribution in [3.63, 3.8) is 0 Å². The summed E-state index contributed by atoms with van der Waals surface area (Å²) in [6.07, 6.45) is -3.68. The number of rotatable bonds is 10. The molecule has 0 aromatic carbocycles. The molecule has 0 aliphatic carbocycles. The molecule has 9 atom stereocenters. The van der Waals surface area contributed by atoms with E-state index in [1.54, 1.807) is 13.0 Å². The summed E-state index contributed by atoms with van der Waals surface area (Å²) in [4.78, 5) is 29.3. The van der Waals surface area contributed by atoms with Gasteiger partial charge in [-0.2, -0.15) is 5.26 Å². The Labute approximate surface area is 255 Å². The van der Waals surface area contributed by atoms with Crippen molar-refractivity contribution in [2.24, 2.45) is 0 Å². The van der Waals surface area contributed by atoms with Gasteiger partial charge in [0.1, 0.15) is 29.7 Å². The molecule has 0 radical (unpaired) electrons. The van der Waals surface area contributed by atoms with E-state index in [4.69, 9.17) is 29.5 Å². The van der Waals surface area contributed by atoms with Crippen molar-refractivity contribution in [3.8, 4) is 6.07 Å². The zero-order valence-electron chi connectivity index (χ0n) is 22.7. The highest BCUT2D eigenvalue weighted by atomic mass is 127. The van der Waals surface area contributed by atoms with Crippen LogP contribution in [0.3, 0.4) is 0 Å². The molecule has 0 saturated carbocycles. The van der Waals surface area contributed by atoms with Gasteiger partial charge in [-0.05, 0) is 0 Å². The fourth-order valence-electron chi connectivity index (χ4n) is 4.26. The van der Waals surface area contributed by atoms with Crippen LogP contribution in [0.1, 0.15) is 23.6 Å². The van der Waals surface area contributed by atoms with E-state index in [1.807, 2.05) is 6.92 Å². The molecule has 43 heavy (non-hydrogen) atoms. The Hall–Kier alpha value is -1.68. The van der Waals surface area contributed by atoms with Crippen molar-refractivity contribution in [1.29, 1.82) is 5.26 Å². The smallest absolute Gasteiger partial charge is 0.372 e. The molecule has 0 bridgehead atoms. The lowest BCUT2D eigenvalue weighted by atomic mass is 10.1. The van der Waals surface area contributed by atoms with Crippen LogP contribution in [-0.2, 0) is 57.5 Å². The van der Waals surface area contributed by atoms with Crippen molar-refractivity contribution in [1.82, 2.24) is 0 Å². The van der Waals surface area contributed by atoms with Gasteiger partial charge in [0, 0.05) is 37.1 Å². The Balaban J connectivity index is 0. The van der Waals surface area contributed by atoms with E-state index in [0.717, 1.165) is 0 Å². The normalized spacial score (nSPS) is 31.3. The maximum atomic E-state index is 11.7. The lowest BCUT2D eigenvalue weighted by Gasteiger charge is -2.15. The van der Waals surface area contributed by atoms with Gasteiger partial charge in [-0.1, -0.05) is 13.8 Å². The number of fused-ring (bicyclic) bond motifs is 2.